The number of ketones is 2. The maximum atomic E-state index is 13.7. The lowest BCUT2D eigenvalue weighted by Crippen LogP contribution is -2.53. The van der Waals surface area contributed by atoms with Gasteiger partial charge >= 0.3 is 5.97 Å². The van der Waals surface area contributed by atoms with Gasteiger partial charge in [0, 0.05) is 22.3 Å². The van der Waals surface area contributed by atoms with Gasteiger partial charge in [0.1, 0.15) is 11.8 Å². The second-order valence-corrected chi connectivity index (χ2v) is 9.19. The van der Waals surface area contributed by atoms with Crippen LogP contribution in [0.1, 0.15) is 37.4 Å². The van der Waals surface area contributed by atoms with Gasteiger partial charge in [0.05, 0.1) is 23.9 Å². The van der Waals surface area contributed by atoms with E-state index in [9.17, 15) is 29.7 Å². The van der Waals surface area contributed by atoms with Crippen LogP contribution < -0.4 is 5.32 Å². The van der Waals surface area contributed by atoms with Gasteiger partial charge in [-0.25, -0.2) is 4.79 Å². The predicted octanol–water partition coefficient (Wildman–Crippen LogP) is 0.954. The molecule has 2 aromatic rings. The lowest BCUT2D eigenvalue weighted by Gasteiger charge is -2.38. The van der Waals surface area contributed by atoms with Crippen molar-refractivity contribution in [3.8, 4) is 29.4 Å². The molecule has 188 valence electrons. The molecule has 5 atom stereocenters. The number of phenolic OH excluding ortho intramolecular Hbond substituents is 1. The highest BCUT2D eigenvalue weighted by Gasteiger charge is 2.82. The summed E-state index contributed by atoms with van der Waals surface area (Å²) >= 11 is 0. The molecule has 2 aliphatic carbocycles. The van der Waals surface area contributed by atoms with Crippen LogP contribution in [0.3, 0.4) is 0 Å². The zero-order valence-corrected chi connectivity index (χ0v) is 19.9. The van der Waals surface area contributed by atoms with Gasteiger partial charge in [0.25, 0.3) is 0 Å². The summed E-state index contributed by atoms with van der Waals surface area (Å²) in [4.78, 5) is 39.3. The number of aliphatic hydroxyl groups is 2. The van der Waals surface area contributed by atoms with E-state index in [1.807, 2.05) is 0 Å². The average Bonchev–Trinajstić information content (AvgIpc) is 3.65. The van der Waals surface area contributed by atoms with Gasteiger partial charge < -0.3 is 30.1 Å². The number of aliphatic hydroxyl groups excluding tert-OH is 2. The first-order chi connectivity index (χ1) is 18.2. The van der Waals surface area contributed by atoms with E-state index in [0.29, 0.717) is 0 Å². The molecule has 0 aromatic heterocycles. The van der Waals surface area contributed by atoms with Gasteiger partial charge in [-0.15, -0.1) is 0 Å². The standard InChI is InChI=1S/C29H19NO8/c1-14(24(33)27(36)37-2)28-19-11-5-3-4-6-12-20(32)29(28,38-28)17-13-18(31)21-22(23(17)30-19)26(35)16-10-8-7-9-15(16)25(21)34/h3-4,7-10,13,19-20,24,30-33H,1H2,2H3/b4-3-/t19-,20+,24?,28-,29-/m0/s1. The lowest BCUT2D eigenvalue weighted by atomic mass is 9.68. The Kier molecular flexibility index (Phi) is 4.94. The minimum absolute atomic E-state index is 0.0944. The lowest BCUT2D eigenvalue weighted by molar-refractivity contribution is -0.148. The second kappa shape index (κ2) is 7.91. The van der Waals surface area contributed by atoms with Crippen LogP contribution in [0.2, 0.25) is 0 Å². The number of esters is 1. The van der Waals surface area contributed by atoms with E-state index < -0.39 is 52.7 Å². The minimum atomic E-state index is -1.85. The molecule has 0 spiro atoms. The number of nitrogens with one attached hydrogen (secondary N) is 1. The van der Waals surface area contributed by atoms with Crippen LogP contribution in [0.25, 0.3) is 0 Å². The summed E-state index contributed by atoms with van der Waals surface area (Å²) in [5, 5.41) is 36.3. The largest absolute Gasteiger partial charge is 0.507 e. The van der Waals surface area contributed by atoms with Gasteiger partial charge in [0.2, 0.25) is 0 Å². The monoisotopic (exact) mass is 509 g/mol. The third-order valence-electron chi connectivity index (χ3n) is 7.42. The highest BCUT2D eigenvalue weighted by Crippen LogP contribution is 2.68. The van der Waals surface area contributed by atoms with Crippen LogP contribution in [-0.4, -0.2) is 63.8 Å². The SMILES string of the molecule is C=C(C(O)C(=O)OC)[C@@]12O[C@]13c1cc(O)c4c(c1N[C@H]2C#C/C=C\C#C[C@H]3O)C(=O)c1ccccc1C4=O. The molecule has 0 radical (unpaired) electrons. The molecule has 0 amide bonds. The Morgan fingerprint density at radius 3 is 2.42 bits per heavy atom. The summed E-state index contributed by atoms with van der Waals surface area (Å²) in [5.41, 5.74) is -3.50. The van der Waals surface area contributed by atoms with Crippen LogP contribution in [0.15, 0.2) is 54.6 Å². The van der Waals surface area contributed by atoms with Gasteiger partial charge in [-0.1, -0.05) is 54.5 Å². The molecule has 2 aliphatic heterocycles. The molecule has 0 saturated carbocycles. The quantitative estimate of drug-likeness (QED) is 0.133. The van der Waals surface area contributed by atoms with Crippen molar-refractivity contribution in [1.82, 2.24) is 0 Å². The number of rotatable bonds is 3. The van der Waals surface area contributed by atoms with Crippen molar-refractivity contribution in [1.29, 1.82) is 0 Å². The molecule has 6 rings (SSSR count). The van der Waals surface area contributed by atoms with E-state index in [0.717, 1.165) is 7.11 Å². The Balaban J connectivity index is 1.65. The Morgan fingerprint density at radius 1 is 1.13 bits per heavy atom. The fraction of sp³-hybridized carbons (Fsp3) is 0.207. The molecule has 1 unspecified atom stereocenters. The minimum Gasteiger partial charge on any atom is -0.507 e. The summed E-state index contributed by atoms with van der Waals surface area (Å²) < 4.78 is 10.9. The molecule has 2 bridgehead atoms. The number of allylic oxidation sites excluding steroid dienone is 2. The highest BCUT2D eigenvalue weighted by atomic mass is 16.6. The van der Waals surface area contributed by atoms with Crippen LogP contribution in [0.4, 0.5) is 5.69 Å². The normalized spacial score (nSPS) is 28.7. The smallest absolute Gasteiger partial charge is 0.339 e. The highest BCUT2D eigenvalue weighted by molar-refractivity contribution is 6.31. The van der Waals surface area contributed by atoms with Crippen LogP contribution in [0.5, 0.6) is 5.75 Å². The summed E-state index contributed by atoms with van der Waals surface area (Å²) in [6, 6.07) is 6.41. The van der Waals surface area contributed by atoms with Crippen LogP contribution in [-0.2, 0) is 19.9 Å². The van der Waals surface area contributed by atoms with Crippen LogP contribution >= 0.6 is 0 Å². The van der Waals surface area contributed by atoms with Gasteiger partial charge in [-0.2, -0.15) is 0 Å². The maximum absolute atomic E-state index is 13.7. The fourth-order valence-corrected chi connectivity index (χ4v) is 5.65. The number of carbonyl (C=O) groups is 3. The van der Waals surface area contributed by atoms with E-state index >= 15 is 0 Å². The zero-order valence-electron chi connectivity index (χ0n) is 19.9. The Hall–Kier alpha value is -4.67. The summed E-state index contributed by atoms with van der Waals surface area (Å²) in [7, 11) is 1.09. The number of carbonyl (C=O) groups excluding carboxylic acids is 3. The second-order valence-electron chi connectivity index (χ2n) is 9.19. The number of anilines is 1. The first-order valence-electron chi connectivity index (χ1n) is 11.6. The average molecular weight is 509 g/mol. The van der Waals surface area contributed by atoms with E-state index in [2.05, 4.69) is 40.3 Å². The Bertz CT molecular complexity index is 1660. The Labute approximate surface area is 216 Å². The summed E-state index contributed by atoms with van der Waals surface area (Å²) in [5.74, 6) is 8.47. The fourth-order valence-electron chi connectivity index (χ4n) is 5.65. The van der Waals surface area contributed by atoms with E-state index in [4.69, 9.17) is 4.74 Å². The van der Waals surface area contributed by atoms with Crippen molar-refractivity contribution in [2.45, 2.75) is 29.5 Å². The molecule has 4 aliphatic rings. The van der Waals surface area contributed by atoms with Crippen molar-refractivity contribution in [2.24, 2.45) is 0 Å². The first kappa shape index (κ1) is 23.7. The predicted molar refractivity (Wildman–Crippen MR) is 132 cm³/mol. The van der Waals surface area contributed by atoms with Gasteiger partial charge in [0.15, 0.2) is 35.0 Å². The molecular weight excluding hydrogens is 490 g/mol. The number of phenols is 1. The van der Waals surface area contributed by atoms with E-state index in [1.54, 1.807) is 12.1 Å². The van der Waals surface area contributed by atoms with Crippen molar-refractivity contribution < 1.29 is 39.2 Å². The number of ether oxygens (including phenoxy) is 2. The molecule has 1 fully saturated rings. The number of methoxy groups -OCH3 is 1. The van der Waals surface area contributed by atoms with Crippen molar-refractivity contribution in [3.63, 3.8) is 0 Å². The first-order valence-corrected chi connectivity index (χ1v) is 11.6. The number of hydrogen-bond donors (Lipinski definition) is 4. The van der Waals surface area contributed by atoms with Gasteiger partial charge in [-0.05, 0) is 18.2 Å². The Morgan fingerprint density at radius 2 is 1.76 bits per heavy atom. The molecular formula is C29H19NO8. The van der Waals surface area contributed by atoms with Crippen molar-refractivity contribution in [2.75, 3.05) is 12.4 Å². The molecule has 2 heterocycles. The van der Waals surface area contributed by atoms with E-state index in [1.165, 1.54) is 30.4 Å². The molecule has 9 heteroatoms. The number of aromatic hydroxyl groups is 1. The van der Waals surface area contributed by atoms with Crippen molar-refractivity contribution in [3.05, 3.63) is 82.5 Å². The van der Waals surface area contributed by atoms with Crippen LogP contribution in [0, 0.1) is 23.7 Å². The number of hydrogen-bond acceptors (Lipinski definition) is 9. The van der Waals surface area contributed by atoms with Crippen molar-refractivity contribution >= 4 is 23.2 Å². The summed E-state index contributed by atoms with van der Waals surface area (Å²) in [6.45, 7) is 3.89. The summed E-state index contributed by atoms with van der Waals surface area (Å²) in [6.07, 6.45) is -0.567. The van der Waals surface area contributed by atoms with E-state index in [-0.39, 0.29) is 39.1 Å². The number of benzene rings is 2. The third kappa shape index (κ3) is 2.75. The molecule has 9 nitrogen and oxygen atoms in total. The molecule has 2 aromatic carbocycles. The topological polar surface area (TPSA) is 146 Å². The molecule has 38 heavy (non-hydrogen) atoms. The zero-order chi connectivity index (χ0) is 27.0. The third-order valence-corrected chi connectivity index (χ3v) is 7.42. The number of fused-ring (bicyclic) bond motifs is 4. The molecule has 4 N–H and O–H groups in total. The maximum Gasteiger partial charge on any atom is 0.339 e. The number of epoxide rings is 1. The van der Waals surface area contributed by atoms with Gasteiger partial charge in [-0.3, -0.25) is 9.59 Å². The molecule has 1 saturated heterocycles.